The maximum Gasteiger partial charge on any atom is 0.322 e. The fourth-order valence-electron chi connectivity index (χ4n) is 1.64. The Bertz CT molecular complexity index is 349. The molecule has 1 atom stereocenters. The highest BCUT2D eigenvalue weighted by Crippen LogP contribution is 2.04. The van der Waals surface area contributed by atoms with E-state index in [2.05, 4.69) is 17.2 Å². The smallest absolute Gasteiger partial charge is 0.322 e. The summed E-state index contributed by atoms with van der Waals surface area (Å²) in [7, 11) is 3.35. The van der Waals surface area contributed by atoms with Gasteiger partial charge in [0.05, 0.1) is 13.7 Å². The number of imidazole rings is 1. The van der Waals surface area contributed by atoms with Crippen LogP contribution in [-0.2, 0) is 23.1 Å². The molecule has 0 saturated carbocycles. The van der Waals surface area contributed by atoms with Gasteiger partial charge >= 0.3 is 5.97 Å². The van der Waals surface area contributed by atoms with Gasteiger partial charge in [-0.3, -0.25) is 10.1 Å². The first kappa shape index (κ1) is 13.7. The fourth-order valence-corrected chi connectivity index (χ4v) is 1.64. The van der Waals surface area contributed by atoms with Crippen LogP contribution in [0.2, 0.25) is 0 Å². The second-order valence-corrected chi connectivity index (χ2v) is 4.05. The predicted molar refractivity (Wildman–Crippen MR) is 65.4 cm³/mol. The summed E-state index contributed by atoms with van der Waals surface area (Å²) in [6, 6.07) is -0.239. The van der Waals surface area contributed by atoms with Gasteiger partial charge in [-0.2, -0.15) is 0 Å². The molecule has 1 rings (SSSR count). The number of hydrogen-bond acceptors (Lipinski definition) is 4. The van der Waals surface area contributed by atoms with Crippen LogP contribution in [0, 0.1) is 0 Å². The zero-order valence-corrected chi connectivity index (χ0v) is 10.8. The van der Waals surface area contributed by atoms with Gasteiger partial charge in [0.15, 0.2) is 0 Å². The Balaban J connectivity index is 2.48. The van der Waals surface area contributed by atoms with Crippen molar-refractivity contribution in [3.8, 4) is 0 Å². The van der Waals surface area contributed by atoms with Crippen LogP contribution in [0.15, 0.2) is 12.4 Å². The van der Waals surface area contributed by atoms with Gasteiger partial charge in [-0.15, -0.1) is 0 Å². The minimum atomic E-state index is -0.239. The lowest BCUT2D eigenvalue weighted by Gasteiger charge is -2.15. The third-order valence-corrected chi connectivity index (χ3v) is 2.76. The zero-order chi connectivity index (χ0) is 12.7. The van der Waals surface area contributed by atoms with Crippen LogP contribution in [0.1, 0.15) is 32.0 Å². The van der Waals surface area contributed by atoms with Crippen LogP contribution in [-0.4, -0.2) is 28.7 Å². The molecule has 1 N–H and O–H groups in total. The van der Waals surface area contributed by atoms with E-state index in [9.17, 15) is 4.79 Å². The van der Waals surface area contributed by atoms with Gasteiger partial charge in [-0.1, -0.05) is 19.8 Å². The van der Waals surface area contributed by atoms with Crippen LogP contribution in [0.25, 0.3) is 0 Å². The molecule has 17 heavy (non-hydrogen) atoms. The lowest BCUT2D eigenvalue weighted by molar-refractivity contribution is -0.143. The third kappa shape index (κ3) is 4.19. The summed E-state index contributed by atoms with van der Waals surface area (Å²) in [5, 5.41) is 3.19. The van der Waals surface area contributed by atoms with Crippen LogP contribution in [0.4, 0.5) is 0 Å². The summed E-state index contributed by atoms with van der Waals surface area (Å²) in [5.41, 5.74) is 0. The maximum atomic E-state index is 11.6. The fraction of sp³-hybridized carbons (Fsp3) is 0.667. The standard InChI is InChI=1S/C12H21N3O2/c1-4-5-6-10(12(16)17-3)14-9-11-13-7-8-15(11)2/h7-8,10,14H,4-6,9H2,1-3H3. The molecule has 0 spiro atoms. The first-order valence-electron chi connectivity index (χ1n) is 5.96. The molecule has 0 aliphatic carbocycles. The number of esters is 1. The lowest BCUT2D eigenvalue weighted by atomic mass is 10.1. The number of rotatable bonds is 7. The van der Waals surface area contributed by atoms with Crippen molar-refractivity contribution in [2.45, 2.75) is 38.8 Å². The molecule has 5 nitrogen and oxygen atoms in total. The highest BCUT2D eigenvalue weighted by atomic mass is 16.5. The van der Waals surface area contributed by atoms with E-state index in [-0.39, 0.29) is 12.0 Å². The molecule has 1 aromatic rings. The number of hydrogen-bond donors (Lipinski definition) is 1. The average Bonchev–Trinajstić information content (AvgIpc) is 2.74. The van der Waals surface area contributed by atoms with Gasteiger partial charge in [0.1, 0.15) is 11.9 Å². The first-order valence-corrected chi connectivity index (χ1v) is 5.96. The van der Waals surface area contributed by atoms with Gasteiger partial charge in [0.25, 0.3) is 0 Å². The number of carbonyl (C=O) groups is 1. The molecule has 1 unspecified atom stereocenters. The predicted octanol–water partition coefficient (Wildman–Crippen LogP) is 1.24. The first-order chi connectivity index (χ1) is 8.19. The number of nitrogens with one attached hydrogen (secondary N) is 1. The minimum absolute atomic E-state index is 0.201. The molecule has 5 heteroatoms. The van der Waals surface area contributed by atoms with Crippen LogP contribution in [0.3, 0.4) is 0 Å². The second kappa shape index (κ2) is 7.06. The number of unbranched alkanes of at least 4 members (excludes halogenated alkanes) is 1. The third-order valence-electron chi connectivity index (χ3n) is 2.76. The molecule has 1 aromatic heterocycles. The Morgan fingerprint density at radius 2 is 2.41 bits per heavy atom. The number of aromatic nitrogens is 2. The van der Waals surface area contributed by atoms with E-state index in [0.29, 0.717) is 6.54 Å². The van der Waals surface area contributed by atoms with Crippen LogP contribution < -0.4 is 5.32 Å². The van der Waals surface area contributed by atoms with E-state index in [1.807, 2.05) is 17.8 Å². The number of carbonyl (C=O) groups excluding carboxylic acids is 1. The highest BCUT2D eigenvalue weighted by Gasteiger charge is 2.18. The van der Waals surface area contributed by atoms with Gasteiger partial charge in [0.2, 0.25) is 0 Å². The lowest BCUT2D eigenvalue weighted by Crippen LogP contribution is -2.37. The second-order valence-electron chi connectivity index (χ2n) is 4.05. The summed E-state index contributed by atoms with van der Waals surface area (Å²) in [5.74, 6) is 0.711. The number of ether oxygens (including phenoxy) is 1. The molecular formula is C12H21N3O2. The quantitative estimate of drug-likeness (QED) is 0.727. The Hall–Kier alpha value is -1.36. The van der Waals surface area contributed by atoms with E-state index in [1.165, 1.54) is 7.11 Å². The van der Waals surface area contributed by atoms with E-state index in [1.54, 1.807) is 6.20 Å². The number of aryl methyl sites for hydroxylation is 1. The van der Waals surface area contributed by atoms with E-state index < -0.39 is 0 Å². The largest absolute Gasteiger partial charge is 0.468 e. The maximum absolute atomic E-state index is 11.6. The molecule has 0 aliphatic rings. The summed E-state index contributed by atoms with van der Waals surface area (Å²) in [6.07, 6.45) is 6.50. The molecule has 0 bridgehead atoms. The van der Waals surface area contributed by atoms with Gasteiger partial charge in [-0.05, 0) is 6.42 Å². The van der Waals surface area contributed by atoms with E-state index in [4.69, 9.17) is 4.74 Å². The SMILES string of the molecule is CCCCC(NCc1nccn1C)C(=O)OC. The topological polar surface area (TPSA) is 56.2 Å². The molecule has 1 heterocycles. The Morgan fingerprint density at radius 3 is 2.94 bits per heavy atom. The molecule has 0 radical (unpaired) electrons. The zero-order valence-electron chi connectivity index (χ0n) is 10.8. The van der Waals surface area contributed by atoms with E-state index >= 15 is 0 Å². The highest BCUT2D eigenvalue weighted by molar-refractivity contribution is 5.75. The Morgan fingerprint density at radius 1 is 1.65 bits per heavy atom. The van der Waals surface area contributed by atoms with Gasteiger partial charge < -0.3 is 9.30 Å². The number of methoxy groups -OCH3 is 1. The molecule has 0 saturated heterocycles. The molecule has 0 aliphatic heterocycles. The monoisotopic (exact) mass is 239 g/mol. The molecule has 96 valence electrons. The van der Waals surface area contributed by atoms with Gasteiger partial charge in [-0.25, -0.2) is 4.98 Å². The van der Waals surface area contributed by atoms with Crippen molar-refractivity contribution in [2.75, 3.05) is 7.11 Å². The summed E-state index contributed by atoms with van der Waals surface area (Å²) < 4.78 is 6.71. The minimum Gasteiger partial charge on any atom is -0.468 e. The molecule has 0 aromatic carbocycles. The van der Waals surface area contributed by atoms with Crippen molar-refractivity contribution < 1.29 is 9.53 Å². The summed E-state index contributed by atoms with van der Waals surface area (Å²) in [6.45, 7) is 2.68. The van der Waals surface area contributed by atoms with Crippen molar-refractivity contribution in [3.63, 3.8) is 0 Å². The van der Waals surface area contributed by atoms with Crippen LogP contribution >= 0.6 is 0 Å². The van der Waals surface area contributed by atoms with Crippen molar-refractivity contribution in [1.82, 2.24) is 14.9 Å². The van der Waals surface area contributed by atoms with Crippen molar-refractivity contribution in [1.29, 1.82) is 0 Å². The van der Waals surface area contributed by atoms with Crippen molar-refractivity contribution in [3.05, 3.63) is 18.2 Å². The molecular weight excluding hydrogens is 218 g/mol. The van der Waals surface area contributed by atoms with Gasteiger partial charge in [0, 0.05) is 19.4 Å². The van der Waals surface area contributed by atoms with Crippen LogP contribution in [0.5, 0.6) is 0 Å². The van der Waals surface area contributed by atoms with Crippen molar-refractivity contribution in [2.24, 2.45) is 7.05 Å². The average molecular weight is 239 g/mol. The number of nitrogens with zero attached hydrogens (tertiary/aromatic N) is 2. The normalized spacial score (nSPS) is 12.4. The van der Waals surface area contributed by atoms with E-state index in [0.717, 1.165) is 25.1 Å². The summed E-state index contributed by atoms with van der Waals surface area (Å²) >= 11 is 0. The Kier molecular flexibility index (Phi) is 5.69. The summed E-state index contributed by atoms with van der Waals surface area (Å²) in [4.78, 5) is 15.8. The molecule has 0 amide bonds. The van der Waals surface area contributed by atoms with Crippen molar-refractivity contribution >= 4 is 5.97 Å². The Labute approximate surface area is 102 Å². The molecule has 0 fully saturated rings.